The van der Waals surface area contributed by atoms with Crippen molar-refractivity contribution >= 4 is 5.91 Å². The summed E-state index contributed by atoms with van der Waals surface area (Å²) in [6.45, 7) is -1.31. The SMILES string of the molecule is NC(=O)C(NCC(F)(F)F)c1cnn(-c2ccccc2)c1. The van der Waals surface area contributed by atoms with Crippen LogP contribution in [0.25, 0.3) is 5.69 Å². The zero-order valence-corrected chi connectivity index (χ0v) is 10.8. The molecule has 2 rings (SSSR count). The number of benzene rings is 1. The van der Waals surface area contributed by atoms with Crippen LogP contribution in [0.15, 0.2) is 42.7 Å². The molecule has 0 aliphatic carbocycles. The van der Waals surface area contributed by atoms with Crippen molar-refractivity contribution in [3.8, 4) is 5.69 Å². The fourth-order valence-corrected chi connectivity index (χ4v) is 1.81. The number of halogens is 3. The lowest BCUT2D eigenvalue weighted by Crippen LogP contribution is -2.38. The van der Waals surface area contributed by atoms with Crippen molar-refractivity contribution in [1.82, 2.24) is 15.1 Å². The molecule has 2 aromatic rings. The highest BCUT2D eigenvalue weighted by Crippen LogP contribution is 2.18. The third-order valence-electron chi connectivity index (χ3n) is 2.75. The van der Waals surface area contributed by atoms with Crippen LogP contribution in [0, 0.1) is 0 Å². The summed E-state index contributed by atoms with van der Waals surface area (Å²) in [5.41, 5.74) is 6.14. The largest absolute Gasteiger partial charge is 0.401 e. The van der Waals surface area contributed by atoms with E-state index >= 15 is 0 Å². The van der Waals surface area contributed by atoms with Crippen LogP contribution >= 0.6 is 0 Å². The lowest BCUT2D eigenvalue weighted by Gasteiger charge is -2.15. The molecule has 0 radical (unpaired) electrons. The van der Waals surface area contributed by atoms with E-state index in [1.165, 1.54) is 17.1 Å². The zero-order valence-electron chi connectivity index (χ0n) is 10.8. The molecule has 1 aromatic carbocycles. The van der Waals surface area contributed by atoms with E-state index in [4.69, 9.17) is 5.73 Å². The number of para-hydroxylation sites is 1. The number of carbonyl (C=O) groups is 1. The number of hydrogen-bond donors (Lipinski definition) is 2. The minimum Gasteiger partial charge on any atom is -0.368 e. The van der Waals surface area contributed by atoms with Crippen molar-refractivity contribution in [3.05, 3.63) is 48.3 Å². The third-order valence-corrected chi connectivity index (χ3v) is 2.75. The summed E-state index contributed by atoms with van der Waals surface area (Å²) in [6, 6.07) is 7.72. The first-order valence-corrected chi connectivity index (χ1v) is 6.06. The number of carbonyl (C=O) groups excluding carboxylic acids is 1. The molecule has 8 heteroatoms. The van der Waals surface area contributed by atoms with Crippen LogP contribution < -0.4 is 11.1 Å². The lowest BCUT2D eigenvalue weighted by molar-refractivity contribution is -0.130. The second-order valence-electron chi connectivity index (χ2n) is 4.39. The van der Waals surface area contributed by atoms with Crippen LogP contribution in [0.1, 0.15) is 11.6 Å². The summed E-state index contributed by atoms with van der Waals surface area (Å²) in [5, 5.41) is 6.11. The average molecular weight is 298 g/mol. The van der Waals surface area contributed by atoms with E-state index in [9.17, 15) is 18.0 Å². The van der Waals surface area contributed by atoms with Gasteiger partial charge < -0.3 is 5.73 Å². The number of aromatic nitrogens is 2. The minimum atomic E-state index is -4.43. The Labute approximate surface area is 118 Å². The molecule has 0 saturated carbocycles. The topological polar surface area (TPSA) is 72.9 Å². The molecule has 1 heterocycles. The maximum atomic E-state index is 12.2. The van der Waals surface area contributed by atoms with Crippen molar-refractivity contribution in [2.45, 2.75) is 12.2 Å². The molecular formula is C13H13F3N4O. The fourth-order valence-electron chi connectivity index (χ4n) is 1.81. The first-order chi connectivity index (χ1) is 9.87. The summed E-state index contributed by atoms with van der Waals surface area (Å²) in [6.07, 6.45) is -1.65. The van der Waals surface area contributed by atoms with Gasteiger partial charge in [0.25, 0.3) is 0 Å². The highest BCUT2D eigenvalue weighted by atomic mass is 19.4. The Kier molecular flexibility index (Phi) is 4.27. The summed E-state index contributed by atoms with van der Waals surface area (Å²) in [4.78, 5) is 11.3. The van der Waals surface area contributed by atoms with Crippen molar-refractivity contribution in [2.24, 2.45) is 5.73 Å². The standard InChI is InChI=1S/C13H13F3N4O/c14-13(15,16)8-18-11(12(17)21)9-6-19-20(7-9)10-4-2-1-3-5-10/h1-7,11,18H,8H2,(H2,17,21). The zero-order chi connectivity index (χ0) is 15.5. The van der Waals surface area contributed by atoms with Crippen LogP contribution in [0.3, 0.4) is 0 Å². The van der Waals surface area contributed by atoms with Gasteiger partial charge in [-0.1, -0.05) is 18.2 Å². The van der Waals surface area contributed by atoms with Gasteiger partial charge in [-0.25, -0.2) is 4.68 Å². The Morgan fingerprint density at radius 1 is 1.33 bits per heavy atom. The molecule has 21 heavy (non-hydrogen) atoms. The highest BCUT2D eigenvalue weighted by molar-refractivity contribution is 5.81. The number of rotatable bonds is 5. The van der Waals surface area contributed by atoms with E-state index in [0.29, 0.717) is 0 Å². The first kappa shape index (κ1) is 15.0. The maximum Gasteiger partial charge on any atom is 0.401 e. The molecule has 0 aliphatic heterocycles. The predicted molar refractivity (Wildman–Crippen MR) is 69.6 cm³/mol. The van der Waals surface area contributed by atoms with Gasteiger partial charge in [0.05, 0.1) is 18.4 Å². The molecule has 3 N–H and O–H groups in total. The van der Waals surface area contributed by atoms with Crippen LogP contribution in [0.2, 0.25) is 0 Å². The predicted octanol–water partition coefficient (Wildman–Crippen LogP) is 1.55. The molecule has 112 valence electrons. The first-order valence-electron chi connectivity index (χ1n) is 6.06. The van der Waals surface area contributed by atoms with Crippen molar-refractivity contribution in [2.75, 3.05) is 6.54 Å². The molecule has 0 bridgehead atoms. The van der Waals surface area contributed by atoms with E-state index < -0.39 is 24.7 Å². The van der Waals surface area contributed by atoms with Crippen LogP contribution in [0.4, 0.5) is 13.2 Å². The summed E-state index contributed by atoms with van der Waals surface area (Å²) in [7, 11) is 0. The van der Waals surface area contributed by atoms with Crippen LogP contribution in [-0.2, 0) is 4.79 Å². The van der Waals surface area contributed by atoms with E-state index in [1.807, 2.05) is 6.07 Å². The molecule has 5 nitrogen and oxygen atoms in total. The van der Waals surface area contributed by atoms with Gasteiger partial charge in [0.2, 0.25) is 5.91 Å². The Hall–Kier alpha value is -2.35. The van der Waals surface area contributed by atoms with E-state index in [-0.39, 0.29) is 5.56 Å². The molecule has 1 atom stereocenters. The van der Waals surface area contributed by atoms with Crippen LogP contribution in [0.5, 0.6) is 0 Å². The summed E-state index contributed by atoms with van der Waals surface area (Å²) in [5.74, 6) is -0.896. The Morgan fingerprint density at radius 2 is 2.00 bits per heavy atom. The molecule has 1 unspecified atom stereocenters. The Morgan fingerprint density at radius 3 is 2.57 bits per heavy atom. The van der Waals surface area contributed by atoms with Gasteiger partial charge in [-0.05, 0) is 12.1 Å². The van der Waals surface area contributed by atoms with Gasteiger partial charge in [-0.2, -0.15) is 18.3 Å². The number of nitrogens with zero attached hydrogens (tertiary/aromatic N) is 2. The van der Waals surface area contributed by atoms with Crippen LogP contribution in [-0.4, -0.2) is 28.4 Å². The van der Waals surface area contributed by atoms with Crippen molar-refractivity contribution in [1.29, 1.82) is 0 Å². The second-order valence-corrected chi connectivity index (χ2v) is 4.39. The van der Waals surface area contributed by atoms with Gasteiger partial charge in [0, 0.05) is 11.8 Å². The number of primary amides is 1. The van der Waals surface area contributed by atoms with E-state index in [2.05, 4.69) is 10.4 Å². The number of nitrogens with two attached hydrogens (primary N) is 1. The molecule has 1 amide bonds. The molecule has 0 spiro atoms. The molecule has 0 aliphatic rings. The average Bonchev–Trinajstić information content (AvgIpc) is 2.88. The molecular weight excluding hydrogens is 285 g/mol. The lowest BCUT2D eigenvalue weighted by atomic mass is 10.1. The monoisotopic (exact) mass is 298 g/mol. The summed E-state index contributed by atoms with van der Waals surface area (Å²) < 4.78 is 38.1. The Bertz CT molecular complexity index is 609. The van der Waals surface area contributed by atoms with Gasteiger partial charge >= 0.3 is 6.18 Å². The highest BCUT2D eigenvalue weighted by Gasteiger charge is 2.30. The van der Waals surface area contributed by atoms with Gasteiger partial charge in [-0.3, -0.25) is 10.1 Å². The third kappa shape index (κ3) is 4.06. The minimum absolute atomic E-state index is 0.274. The molecule has 1 aromatic heterocycles. The fraction of sp³-hybridized carbons (Fsp3) is 0.231. The smallest absolute Gasteiger partial charge is 0.368 e. The quantitative estimate of drug-likeness (QED) is 0.879. The maximum absolute atomic E-state index is 12.2. The summed E-state index contributed by atoms with van der Waals surface area (Å²) >= 11 is 0. The number of amides is 1. The Balaban J connectivity index is 2.19. The number of alkyl halides is 3. The second kappa shape index (κ2) is 5.96. The number of hydrogen-bond acceptors (Lipinski definition) is 3. The molecule has 0 fully saturated rings. The number of nitrogens with one attached hydrogen (secondary N) is 1. The van der Waals surface area contributed by atoms with E-state index in [1.54, 1.807) is 24.3 Å². The van der Waals surface area contributed by atoms with E-state index in [0.717, 1.165) is 5.69 Å². The van der Waals surface area contributed by atoms with Gasteiger partial charge in [-0.15, -0.1) is 0 Å². The van der Waals surface area contributed by atoms with Crippen molar-refractivity contribution < 1.29 is 18.0 Å². The van der Waals surface area contributed by atoms with Gasteiger partial charge in [0.1, 0.15) is 6.04 Å². The normalized spacial score (nSPS) is 13.1. The van der Waals surface area contributed by atoms with Crippen molar-refractivity contribution in [3.63, 3.8) is 0 Å². The molecule has 0 saturated heterocycles. The van der Waals surface area contributed by atoms with Gasteiger partial charge in [0.15, 0.2) is 0 Å².